The van der Waals surface area contributed by atoms with Crippen LogP contribution in [0.15, 0.2) is 30.3 Å². The average Bonchev–Trinajstić information content (AvgIpc) is 2.47. The first kappa shape index (κ1) is 11.5. The summed E-state index contributed by atoms with van der Waals surface area (Å²) >= 11 is 0. The van der Waals surface area contributed by atoms with Crippen LogP contribution >= 0.6 is 12.4 Å². The molecule has 1 atom stereocenters. The van der Waals surface area contributed by atoms with Gasteiger partial charge in [0.25, 0.3) is 0 Å². The summed E-state index contributed by atoms with van der Waals surface area (Å²) in [6.07, 6.45) is 5.39. The van der Waals surface area contributed by atoms with E-state index in [1.54, 1.807) is 0 Å². The predicted octanol–water partition coefficient (Wildman–Crippen LogP) is 3.31. The van der Waals surface area contributed by atoms with E-state index >= 15 is 0 Å². The molecule has 1 fully saturated rings. The van der Waals surface area contributed by atoms with Crippen molar-refractivity contribution in [2.75, 3.05) is 6.54 Å². The second-order valence-corrected chi connectivity index (χ2v) is 3.77. The van der Waals surface area contributed by atoms with E-state index in [1.165, 1.54) is 37.8 Å². The fourth-order valence-electron chi connectivity index (χ4n) is 2.00. The molecule has 14 heavy (non-hydrogen) atoms. The lowest BCUT2D eigenvalue weighted by atomic mass is 10.0. The lowest BCUT2D eigenvalue weighted by molar-refractivity contribution is 0.535. The van der Waals surface area contributed by atoms with Crippen LogP contribution in [-0.2, 0) is 0 Å². The summed E-state index contributed by atoms with van der Waals surface area (Å²) in [6.45, 7) is 1.18. The Bertz CT molecular complexity index is 240. The van der Waals surface area contributed by atoms with Crippen LogP contribution in [-0.4, -0.2) is 6.54 Å². The molecule has 1 aromatic rings. The molecule has 2 rings (SSSR count). The van der Waals surface area contributed by atoms with E-state index in [9.17, 15) is 0 Å². The Balaban J connectivity index is 0.000000980. The molecule has 0 aromatic heterocycles. The van der Waals surface area contributed by atoms with Gasteiger partial charge in [-0.3, -0.25) is 0 Å². The van der Waals surface area contributed by atoms with Crippen LogP contribution in [0.5, 0.6) is 0 Å². The van der Waals surface area contributed by atoms with Crippen molar-refractivity contribution < 1.29 is 0 Å². The topological polar surface area (TPSA) is 12.0 Å². The summed E-state index contributed by atoms with van der Waals surface area (Å²) in [6, 6.07) is 11.4. The molecule has 0 radical (unpaired) electrons. The molecule has 2 heteroatoms. The minimum Gasteiger partial charge on any atom is -0.310 e. The second-order valence-electron chi connectivity index (χ2n) is 3.77. The first-order valence-corrected chi connectivity index (χ1v) is 5.25. The number of hydrogen-bond acceptors (Lipinski definition) is 1. The minimum atomic E-state index is 0. The van der Waals surface area contributed by atoms with Gasteiger partial charge in [0.1, 0.15) is 0 Å². The standard InChI is InChI=1S/C12H17N.ClH/c1-3-7-11(8-4-1)12-9-5-2-6-10-13-12;/h1,3-4,7-8,12-13H,2,5-6,9-10H2;1H/t12-;/m1./s1. The molecule has 1 nitrogen and oxygen atoms in total. The molecular formula is C12H18ClN. The molecule has 1 heterocycles. The van der Waals surface area contributed by atoms with Crippen molar-refractivity contribution in [3.63, 3.8) is 0 Å². The van der Waals surface area contributed by atoms with Crippen LogP contribution in [0.3, 0.4) is 0 Å². The zero-order chi connectivity index (χ0) is 8.93. The van der Waals surface area contributed by atoms with Gasteiger partial charge in [0.2, 0.25) is 0 Å². The fourth-order valence-corrected chi connectivity index (χ4v) is 2.00. The Labute approximate surface area is 92.3 Å². The summed E-state index contributed by atoms with van der Waals surface area (Å²) in [5.74, 6) is 0. The molecule has 0 aliphatic carbocycles. The molecule has 0 unspecified atom stereocenters. The van der Waals surface area contributed by atoms with Crippen LogP contribution in [0.1, 0.15) is 37.3 Å². The van der Waals surface area contributed by atoms with Crippen LogP contribution in [0, 0.1) is 0 Å². The number of rotatable bonds is 1. The van der Waals surface area contributed by atoms with Crippen LogP contribution in [0.25, 0.3) is 0 Å². The number of benzene rings is 1. The maximum Gasteiger partial charge on any atom is 0.0320 e. The predicted molar refractivity (Wildman–Crippen MR) is 62.9 cm³/mol. The highest BCUT2D eigenvalue weighted by Gasteiger charge is 2.12. The van der Waals surface area contributed by atoms with Gasteiger partial charge in [-0.05, 0) is 24.9 Å². The highest BCUT2D eigenvalue weighted by atomic mass is 35.5. The zero-order valence-electron chi connectivity index (χ0n) is 8.41. The van der Waals surface area contributed by atoms with Gasteiger partial charge in [0.15, 0.2) is 0 Å². The van der Waals surface area contributed by atoms with Gasteiger partial charge in [-0.2, -0.15) is 0 Å². The summed E-state index contributed by atoms with van der Waals surface area (Å²) in [4.78, 5) is 0. The Morgan fingerprint density at radius 1 is 1.00 bits per heavy atom. The van der Waals surface area contributed by atoms with E-state index < -0.39 is 0 Å². The smallest absolute Gasteiger partial charge is 0.0320 e. The molecule has 0 bridgehead atoms. The van der Waals surface area contributed by atoms with Gasteiger partial charge in [0.05, 0.1) is 0 Å². The van der Waals surface area contributed by atoms with E-state index in [0.717, 1.165) is 0 Å². The van der Waals surface area contributed by atoms with Gasteiger partial charge in [-0.15, -0.1) is 12.4 Å². The Hall–Kier alpha value is -0.530. The third kappa shape index (κ3) is 3.00. The zero-order valence-corrected chi connectivity index (χ0v) is 9.22. The third-order valence-electron chi connectivity index (χ3n) is 2.76. The van der Waals surface area contributed by atoms with Crippen molar-refractivity contribution in [2.45, 2.75) is 31.7 Å². The highest BCUT2D eigenvalue weighted by molar-refractivity contribution is 5.85. The normalized spacial score (nSPS) is 22.1. The van der Waals surface area contributed by atoms with E-state index in [-0.39, 0.29) is 12.4 Å². The van der Waals surface area contributed by atoms with E-state index in [1.807, 2.05) is 0 Å². The lowest BCUT2D eigenvalue weighted by Gasteiger charge is -2.15. The van der Waals surface area contributed by atoms with Crippen LogP contribution < -0.4 is 5.32 Å². The van der Waals surface area contributed by atoms with Crippen LogP contribution in [0.2, 0.25) is 0 Å². The fraction of sp³-hybridized carbons (Fsp3) is 0.500. The van der Waals surface area contributed by atoms with Gasteiger partial charge in [-0.25, -0.2) is 0 Å². The Morgan fingerprint density at radius 2 is 1.79 bits per heavy atom. The molecule has 0 saturated carbocycles. The van der Waals surface area contributed by atoms with Crippen LogP contribution in [0.4, 0.5) is 0 Å². The van der Waals surface area contributed by atoms with Gasteiger partial charge in [-0.1, -0.05) is 43.2 Å². The molecule has 1 aliphatic rings. The SMILES string of the molecule is Cl.c1ccc([C@H]2CCCCCN2)cc1. The highest BCUT2D eigenvalue weighted by Crippen LogP contribution is 2.21. The van der Waals surface area contributed by atoms with Crippen molar-refractivity contribution in [3.8, 4) is 0 Å². The summed E-state index contributed by atoms with van der Waals surface area (Å²) in [5, 5.41) is 3.60. The van der Waals surface area contributed by atoms with Crippen molar-refractivity contribution in [2.24, 2.45) is 0 Å². The number of halogens is 1. The maximum atomic E-state index is 3.60. The quantitative estimate of drug-likeness (QED) is 0.752. The van der Waals surface area contributed by atoms with E-state index in [4.69, 9.17) is 0 Å². The second kappa shape index (κ2) is 6.05. The molecule has 1 aliphatic heterocycles. The van der Waals surface area contributed by atoms with Gasteiger partial charge in [0, 0.05) is 6.04 Å². The van der Waals surface area contributed by atoms with E-state index in [0.29, 0.717) is 6.04 Å². The summed E-state index contributed by atoms with van der Waals surface area (Å²) in [7, 11) is 0. The van der Waals surface area contributed by atoms with E-state index in [2.05, 4.69) is 35.6 Å². The lowest BCUT2D eigenvalue weighted by Crippen LogP contribution is -2.19. The summed E-state index contributed by atoms with van der Waals surface area (Å²) in [5.41, 5.74) is 1.45. The largest absolute Gasteiger partial charge is 0.310 e. The van der Waals surface area contributed by atoms with Gasteiger partial charge < -0.3 is 5.32 Å². The minimum absolute atomic E-state index is 0. The molecule has 1 aromatic carbocycles. The molecule has 0 spiro atoms. The molecular weight excluding hydrogens is 194 g/mol. The first-order chi connectivity index (χ1) is 6.47. The Morgan fingerprint density at radius 3 is 2.57 bits per heavy atom. The third-order valence-corrected chi connectivity index (χ3v) is 2.76. The first-order valence-electron chi connectivity index (χ1n) is 5.25. The van der Waals surface area contributed by atoms with Crippen molar-refractivity contribution in [1.29, 1.82) is 0 Å². The molecule has 1 saturated heterocycles. The van der Waals surface area contributed by atoms with Crippen molar-refractivity contribution in [1.82, 2.24) is 5.32 Å². The molecule has 1 N–H and O–H groups in total. The molecule has 0 amide bonds. The molecule has 78 valence electrons. The Kier molecular flexibility index (Phi) is 4.99. The average molecular weight is 212 g/mol. The summed E-state index contributed by atoms with van der Waals surface area (Å²) < 4.78 is 0. The number of nitrogens with one attached hydrogen (secondary N) is 1. The maximum absolute atomic E-state index is 3.60. The monoisotopic (exact) mass is 211 g/mol. The van der Waals surface area contributed by atoms with Crippen molar-refractivity contribution >= 4 is 12.4 Å². The number of hydrogen-bond donors (Lipinski definition) is 1. The van der Waals surface area contributed by atoms with Crippen molar-refractivity contribution in [3.05, 3.63) is 35.9 Å². The van der Waals surface area contributed by atoms with Gasteiger partial charge >= 0.3 is 0 Å².